The van der Waals surface area contributed by atoms with Crippen molar-refractivity contribution in [2.24, 2.45) is 0 Å². The lowest BCUT2D eigenvalue weighted by Gasteiger charge is -2.07. The predicted octanol–water partition coefficient (Wildman–Crippen LogP) is 3.06. The summed E-state index contributed by atoms with van der Waals surface area (Å²) in [5, 5.41) is 24.7. The molecular formula is C16H14ClN5O2S. The van der Waals surface area contributed by atoms with Gasteiger partial charge in [-0.15, -0.1) is 5.10 Å². The van der Waals surface area contributed by atoms with Crippen molar-refractivity contribution in [3.8, 4) is 11.4 Å². The second kappa shape index (κ2) is 7.54. The van der Waals surface area contributed by atoms with Gasteiger partial charge in [-0.1, -0.05) is 29.4 Å². The number of halogens is 1. The first-order valence-corrected chi connectivity index (χ1v) is 8.66. The lowest BCUT2D eigenvalue weighted by Crippen LogP contribution is -2.14. The van der Waals surface area contributed by atoms with E-state index < -0.39 is 0 Å². The molecule has 3 aromatic rings. The number of aromatic hydroxyl groups is 1. The van der Waals surface area contributed by atoms with Crippen molar-refractivity contribution in [1.29, 1.82) is 0 Å². The van der Waals surface area contributed by atoms with Crippen LogP contribution in [-0.4, -0.2) is 37.0 Å². The van der Waals surface area contributed by atoms with Gasteiger partial charge >= 0.3 is 0 Å². The van der Waals surface area contributed by atoms with Crippen LogP contribution in [0.25, 0.3) is 5.69 Å². The molecule has 1 heterocycles. The molecule has 0 unspecified atom stereocenters. The molecule has 1 amide bonds. The molecule has 1 aromatic heterocycles. The van der Waals surface area contributed by atoms with Crippen LogP contribution in [0.3, 0.4) is 0 Å². The highest BCUT2D eigenvalue weighted by atomic mass is 35.5. The molecule has 0 aliphatic heterocycles. The number of hydrogen-bond donors (Lipinski definition) is 2. The minimum absolute atomic E-state index is 0.143. The van der Waals surface area contributed by atoms with Gasteiger partial charge in [-0.2, -0.15) is 4.68 Å². The number of nitrogens with one attached hydrogen (secondary N) is 1. The third kappa shape index (κ3) is 4.28. The fourth-order valence-corrected chi connectivity index (χ4v) is 2.89. The Morgan fingerprint density at radius 1 is 1.28 bits per heavy atom. The van der Waals surface area contributed by atoms with Crippen LogP contribution in [0.5, 0.6) is 5.75 Å². The zero-order valence-corrected chi connectivity index (χ0v) is 14.8. The molecule has 0 aliphatic carbocycles. The molecule has 3 rings (SSSR count). The summed E-state index contributed by atoms with van der Waals surface area (Å²) in [5.41, 5.74) is 2.28. The number of aromatic nitrogens is 4. The van der Waals surface area contributed by atoms with E-state index in [0.29, 0.717) is 21.6 Å². The minimum atomic E-state index is -0.190. The number of hydrogen-bond acceptors (Lipinski definition) is 6. The molecular weight excluding hydrogens is 362 g/mol. The Bertz CT molecular complexity index is 898. The van der Waals surface area contributed by atoms with Crippen molar-refractivity contribution >= 4 is 35.0 Å². The van der Waals surface area contributed by atoms with Gasteiger partial charge in [-0.25, -0.2) is 0 Å². The molecule has 0 bridgehead atoms. The summed E-state index contributed by atoms with van der Waals surface area (Å²) in [5.74, 6) is 0.108. The van der Waals surface area contributed by atoms with Gasteiger partial charge in [0.25, 0.3) is 0 Å². The Hall–Kier alpha value is -2.58. The van der Waals surface area contributed by atoms with Crippen LogP contribution in [0.2, 0.25) is 5.02 Å². The van der Waals surface area contributed by atoms with Gasteiger partial charge in [-0.05, 0) is 59.3 Å². The van der Waals surface area contributed by atoms with Gasteiger partial charge in [0.1, 0.15) is 5.75 Å². The highest BCUT2D eigenvalue weighted by molar-refractivity contribution is 7.99. The summed E-state index contributed by atoms with van der Waals surface area (Å²) >= 11 is 7.26. The number of anilines is 1. The molecule has 0 saturated heterocycles. The summed E-state index contributed by atoms with van der Waals surface area (Å²) in [7, 11) is 0. The molecule has 0 radical (unpaired) electrons. The number of benzene rings is 2. The summed E-state index contributed by atoms with van der Waals surface area (Å²) in [6, 6.07) is 11.8. The molecule has 0 fully saturated rings. The van der Waals surface area contributed by atoms with Crippen LogP contribution in [0.15, 0.2) is 47.6 Å². The zero-order chi connectivity index (χ0) is 17.8. The van der Waals surface area contributed by atoms with E-state index in [1.54, 1.807) is 36.4 Å². The number of rotatable bonds is 5. The van der Waals surface area contributed by atoms with Crippen molar-refractivity contribution in [1.82, 2.24) is 20.2 Å². The standard InChI is InChI=1S/C16H14ClN5O2S/c1-10-2-3-11(8-14(10)17)18-15(24)9-25-16-19-20-21-22(16)12-4-6-13(23)7-5-12/h2-8,23H,9H2,1H3,(H,18,24). The number of tetrazole rings is 1. The minimum Gasteiger partial charge on any atom is -0.508 e. The summed E-state index contributed by atoms with van der Waals surface area (Å²) in [6.45, 7) is 1.90. The van der Waals surface area contributed by atoms with Gasteiger partial charge in [-0.3, -0.25) is 4.79 Å². The van der Waals surface area contributed by atoms with Gasteiger partial charge in [0.05, 0.1) is 11.4 Å². The third-order valence-electron chi connectivity index (χ3n) is 3.32. The first-order chi connectivity index (χ1) is 12.0. The van der Waals surface area contributed by atoms with Crippen LogP contribution < -0.4 is 5.32 Å². The lowest BCUT2D eigenvalue weighted by molar-refractivity contribution is -0.113. The number of carbonyl (C=O) groups is 1. The number of carbonyl (C=O) groups excluding carboxylic acids is 1. The normalized spacial score (nSPS) is 10.6. The maximum Gasteiger partial charge on any atom is 0.234 e. The Morgan fingerprint density at radius 3 is 2.76 bits per heavy atom. The largest absolute Gasteiger partial charge is 0.508 e. The number of phenolic OH excluding ortho intramolecular Hbond substituents is 1. The van der Waals surface area contributed by atoms with E-state index in [1.165, 1.54) is 16.4 Å². The molecule has 0 atom stereocenters. The van der Waals surface area contributed by atoms with Crippen LogP contribution in [0.4, 0.5) is 5.69 Å². The third-order valence-corrected chi connectivity index (χ3v) is 4.65. The maximum atomic E-state index is 12.1. The quantitative estimate of drug-likeness (QED) is 0.666. The van der Waals surface area contributed by atoms with E-state index in [4.69, 9.17) is 11.6 Å². The molecule has 2 aromatic carbocycles. The first kappa shape index (κ1) is 17.2. The summed E-state index contributed by atoms with van der Waals surface area (Å²) in [4.78, 5) is 12.1. The van der Waals surface area contributed by atoms with Crippen molar-refractivity contribution < 1.29 is 9.90 Å². The molecule has 7 nitrogen and oxygen atoms in total. The zero-order valence-electron chi connectivity index (χ0n) is 13.2. The van der Waals surface area contributed by atoms with Gasteiger partial charge in [0.2, 0.25) is 11.1 Å². The maximum absolute atomic E-state index is 12.1. The van der Waals surface area contributed by atoms with E-state index in [0.717, 1.165) is 5.56 Å². The average Bonchev–Trinajstić information content (AvgIpc) is 3.06. The fourth-order valence-electron chi connectivity index (χ4n) is 2.02. The fraction of sp³-hybridized carbons (Fsp3) is 0.125. The SMILES string of the molecule is Cc1ccc(NC(=O)CSc2nnnn2-c2ccc(O)cc2)cc1Cl. The van der Waals surface area contributed by atoms with Crippen LogP contribution >= 0.6 is 23.4 Å². The summed E-state index contributed by atoms with van der Waals surface area (Å²) in [6.07, 6.45) is 0. The topological polar surface area (TPSA) is 92.9 Å². The number of aryl methyl sites for hydroxylation is 1. The second-order valence-electron chi connectivity index (χ2n) is 5.19. The van der Waals surface area contributed by atoms with E-state index in [2.05, 4.69) is 20.8 Å². The van der Waals surface area contributed by atoms with E-state index in [-0.39, 0.29) is 17.4 Å². The Balaban J connectivity index is 1.64. The molecule has 2 N–H and O–H groups in total. The number of phenols is 1. The highest BCUT2D eigenvalue weighted by Gasteiger charge is 2.12. The van der Waals surface area contributed by atoms with Crippen molar-refractivity contribution in [2.75, 3.05) is 11.1 Å². The molecule has 0 saturated carbocycles. The average molecular weight is 376 g/mol. The second-order valence-corrected chi connectivity index (χ2v) is 6.54. The Labute approximate surface area is 153 Å². The van der Waals surface area contributed by atoms with Crippen molar-refractivity contribution in [3.63, 3.8) is 0 Å². The molecule has 0 spiro atoms. The molecule has 25 heavy (non-hydrogen) atoms. The van der Waals surface area contributed by atoms with Crippen LogP contribution in [0.1, 0.15) is 5.56 Å². The smallest absolute Gasteiger partial charge is 0.234 e. The number of thioether (sulfide) groups is 1. The van der Waals surface area contributed by atoms with E-state index >= 15 is 0 Å². The van der Waals surface area contributed by atoms with Crippen molar-refractivity contribution in [3.05, 3.63) is 53.1 Å². The molecule has 9 heteroatoms. The lowest BCUT2D eigenvalue weighted by atomic mass is 10.2. The van der Waals surface area contributed by atoms with Gasteiger partial charge < -0.3 is 10.4 Å². The highest BCUT2D eigenvalue weighted by Crippen LogP contribution is 2.22. The van der Waals surface area contributed by atoms with E-state index in [9.17, 15) is 9.90 Å². The number of amides is 1. The summed E-state index contributed by atoms with van der Waals surface area (Å²) < 4.78 is 1.50. The monoisotopic (exact) mass is 375 g/mol. The number of nitrogens with zero attached hydrogens (tertiary/aromatic N) is 4. The molecule has 0 aliphatic rings. The first-order valence-electron chi connectivity index (χ1n) is 7.29. The van der Waals surface area contributed by atoms with Gasteiger partial charge in [0.15, 0.2) is 0 Å². The van der Waals surface area contributed by atoms with Crippen LogP contribution in [-0.2, 0) is 4.79 Å². The van der Waals surface area contributed by atoms with Gasteiger partial charge in [0, 0.05) is 10.7 Å². The van der Waals surface area contributed by atoms with Crippen molar-refractivity contribution in [2.45, 2.75) is 12.1 Å². The Morgan fingerprint density at radius 2 is 2.04 bits per heavy atom. The van der Waals surface area contributed by atoms with E-state index in [1.807, 2.05) is 13.0 Å². The predicted molar refractivity (Wildman–Crippen MR) is 96.4 cm³/mol. The molecule has 128 valence electrons. The van der Waals surface area contributed by atoms with Crippen LogP contribution in [0, 0.1) is 6.92 Å². The Kier molecular flexibility index (Phi) is 5.20.